The molecular formula is C27H21N3O3S. The minimum absolute atomic E-state index is 0.0954. The molecule has 0 radical (unpaired) electrons. The van der Waals surface area contributed by atoms with E-state index >= 15 is 0 Å². The highest BCUT2D eigenvalue weighted by atomic mass is 32.2. The molecular weight excluding hydrogens is 446 g/mol. The Morgan fingerprint density at radius 1 is 0.971 bits per heavy atom. The van der Waals surface area contributed by atoms with E-state index in [-0.39, 0.29) is 18.4 Å². The minimum atomic E-state index is -0.334. The fourth-order valence-corrected chi connectivity index (χ4v) is 4.82. The number of ether oxygens (including phenoxy) is 1. The van der Waals surface area contributed by atoms with Crippen molar-refractivity contribution in [1.82, 2.24) is 4.57 Å². The zero-order valence-electron chi connectivity index (χ0n) is 18.4. The molecule has 0 aliphatic carbocycles. The van der Waals surface area contributed by atoms with Gasteiger partial charge in [-0.25, -0.2) is 4.99 Å². The molecule has 0 spiro atoms. The van der Waals surface area contributed by atoms with Gasteiger partial charge in [-0.2, -0.15) is 0 Å². The first-order valence-electron chi connectivity index (χ1n) is 10.7. The molecule has 7 heteroatoms. The summed E-state index contributed by atoms with van der Waals surface area (Å²) >= 11 is 1.33. The van der Waals surface area contributed by atoms with Crippen LogP contribution in [0.3, 0.4) is 0 Å². The number of rotatable bonds is 5. The predicted molar refractivity (Wildman–Crippen MR) is 137 cm³/mol. The van der Waals surface area contributed by atoms with E-state index in [9.17, 15) is 9.59 Å². The molecule has 0 N–H and O–H groups in total. The molecule has 0 saturated carbocycles. The van der Waals surface area contributed by atoms with Gasteiger partial charge in [0.15, 0.2) is 5.17 Å². The van der Waals surface area contributed by atoms with Crippen molar-refractivity contribution in [1.29, 1.82) is 0 Å². The number of hydrogen-bond donors (Lipinski definition) is 0. The molecule has 2 heterocycles. The van der Waals surface area contributed by atoms with Crippen LogP contribution in [-0.2, 0) is 20.9 Å². The lowest BCUT2D eigenvalue weighted by Crippen LogP contribution is -2.28. The first-order valence-corrected chi connectivity index (χ1v) is 11.5. The topological polar surface area (TPSA) is 63.9 Å². The van der Waals surface area contributed by atoms with Crippen LogP contribution in [0.15, 0.2) is 101 Å². The van der Waals surface area contributed by atoms with Gasteiger partial charge in [-0.15, -0.1) is 0 Å². The van der Waals surface area contributed by atoms with Gasteiger partial charge in [-0.1, -0.05) is 54.6 Å². The lowest BCUT2D eigenvalue weighted by atomic mass is 10.1. The number of thioether (sulfide) groups is 1. The Bertz CT molecular complexity index is 1430. The van der Waals surface area contributed by atoms with Crippen molar-refractivity contribution >= 4 is 57.2 Å². The number of nitrogens with zero attached hydrogens (tertiary/aromatic N) is 3. The van der Waals surface area contributed by atoms with Crippen molar-refractivity contribution in [3.63, 3.8) is 0 Å². The third kappa shape index (κ3) is 4.25. The van der Waals surface area contributed by atoms with Crippen molar-refractivity contribution < 1.29 is 14.3 Å². The van der Waals surface area contributed by atoms with Crippen molar-refractivity contribution in [2.75, 3.05) is 12.0 Å². The van der Waals surface area contributed by atoms with Crippen LogP contribution in [0.4, 0.5) is 11.4 Å². The number of benzene rings is 3. The summed E-state index contributed by atoms with van der Waals surface area (Å²) in [5.41, 5.74) is 3.28. The number of carbonyl (C=O) groups excluding carboxylic acids is 2. The average molecular weight is 468 g/mol. The molecule has 3 aromatic carbocycles. The van der Waals surface area contributed by atoms with Gasteiger partial charge in [0, 0.05) is 22.7 Å². The van der Waals surface area contributed by atoms with Crippen molar-refractivity contribution in [2.45, 2.75) is 6.54 Å². The zero-order chi connectivity index (χ0) is 23.5. The van der Waals surface area contributed by atoms with Crippen LogP contribution in [0.2, 0.25) is 0 Å². The smallest absolute Gasteiger partial charge is 0.325 e. The van der Waals surface area contributed by atoms with E-state index in [1.165, 1.54) is 18.9 Å². The molecule has 6 nitrogen and oxygen atoms in total. The SMILES string of the molecule is COC(=O)Cn1cc(/C=C2\SC(=Nc3ccccc3)N(c3ccccc3)C2=O)c2ccccc21. The van der Waals surface area contributed by atoms with Gasteiger partial charge in [-0.05, 0) is 48.2 Å². The highest BCUT2D eigenvalue weighted by molar-refractivity contribution is 8.19. The summed E-state index contributed by atoms with van der Waals surface area (Å²) in [7, 11) is 1.37. The number of anilines is 1. The number of amidine groups is 1. The predicted octanol–water partition coefficient (Wildman–Crippen LogP) is 5.62. The first-order chi connectivity index (χ1) is 16.6. The molecule has 1 saturated heterocycles. The highest BCUT2D eigenvalue weighted by Gasteiger charge is 2.35. The van der Waals surface area contributed by atoms with Crippen LogP contribution in [0, 0.1) is 0 Å². The molecule has 34 heavy (non-hydrogen) atoms. The standard InChI is InChI=1S/C27H21N3O3S/c1-33-25(31)18-29-17-19(22-14-8-9-15-23(22)29)16-24-26(32)30(21-12-6-3-7-13-21)27(34-24)28-20-10-4-2-5-11-20/h2-17H,18H2,1H3/b24-16-,28-27?. The highest BCUT2D eigenvalue weighted by Crippen LogP contribution is 2.38. The summed E-state index contributed by atoms with van der Waals surface area (Å²) in [6.07, 6.45) is 3.74. The average Bonchev–Trinajstić information content (AvgIpc) is 3.37. The molecule has 1 aromatic heterocycles. The van der Waals surface area contributed by atoms with Crippen LogP contribution in [-0.4, -0.2) is 28.7 Å². The third-order valence-electron chi connectivity index (χ3n) is 5.43. The second-order valence-corrected chi connectivity index (χ2v) is 8.63. The van der Waals surface area contributed by atoms with Crippen LogP contribution in [0.5, 0.6) is 0 Å². The lowest BCUT2D eigenvalue weighted by Gasteiger charge is -2.15. The minimum Gasteiger partial charge on any atom is -0.468 e. The number of fused-ring (bicyclic) bond motifs is 1. The van der Waals surface area contributed by atoms with E-state index in [4.69, 9.17) is 9.73 Å². The maximum Gasteiger partial charge on any atom is 0.325 e. The number of methoxy groups -OCH3 is 1. The van der Waals surface area contributed by atoms with Crippen molar-refractivity contribution in [3.05, 3.63) is 102 Å². The molecule has 4 aromatic rings. The van der Waals surface area contributed by atoms with Gasteiger partial charge >= 0.3 is 5.97 Å². The molecule has 168 valence electrons. The summed E-state index contributed by atoms with van der Waals surface area (Å²) < 4.78 is 6.68. The molecule has 0 atom stereocenters. The van der Waals surface area contributed by atoms with E-state index in [2.05, 4.69) is 0 Å². The van der Waals surface area contributed by atoms with Gasteiger partial charge in [-0.3, -0.25) is 14.5 Å². The van der Waals surface area contributed by atoms with Gasteiger partial charge in [0.05, 0.1) is 23.4 Å². The summed E-state index contributed by atoms with van der Waals surface area (Å²) in [6, 6.07) is 26.9. The molecule has 1 aliphatic rings. The Morgan fingerprint density at radius 2 is 1.65 bits per heavy atom. The summed E-state index contributed by atoms with van der Waals surface area (Å²) in [4.78, 5) is 32.4. The summed E-state index contributed by atoms with van der Waals surface area (Å²) in [5.74, 6) is -0.477. The Kier molecular flexibility index (Phi) is 6.01. The Balaban J connectivity index is 1.59. The number of aliphatic imine (C=N–C) groups is 1. The maximum atomic E-state index is 13.6. The molecule has 0 unspecified atom stereocenters. The first kappa shape index (κ1) is 21.7. The fourth-order valence-electron chi connectivity index (χ4n) is 3.83. The number of para-hydroxylation sites is 3. The van der Waals surface area contributed by atoms with Crippen LogP contribution in [0.1, 0.15) is 5.56 Å². The maximum absolute atomic E-state index is 13.6. The zero-order valence-corrected chi connectivity index (χ0v) is 19.2. The molecule has 1 amide bonds. The Morgan fingerprint density at radius 3 is 2.38 bits per heavy atom. The van der Waals surface area contributed by atoms with E-state index in [1.54, 1.807) is 4.90 Å². The van der Waals surface area contributed by atoms with E-state index < -0.39 is 0 Å². The van der Waals surface area contributed by atoms with Gasteiger partial charge in [0.2, 0.25) is 0 Å². The molecule has 5 rings (SSSR count). The largest absolute Gasteiger partial charge is 0.468 e. The van der Waals surface area contributed by atoms with E-state index in [1.807, 2.05) is 102 Å². The van der Waals surface area contributed by atoms with Crippen LogP contribution >= 0.6 is 11.8 Å². The van der Waals surface area contributed by atoms with Crippen molar-refractivity contribution in [3.8, 4) is 0 Å². The third-order valence-corrected chi connectivity index (χ3v) is 6.40. The number of carbonyl (C=O) groups is 2. The van der Waals surface area contributed by atoms with Gasteiger partial charge in [0.1, 0.15) is 6.54 Å². The number of esters is 1. The van der Waals surface area contributed by atoms with E-state index in [0.29, 0.717) is 10.1 Å². The second kappa shape index (κ2) is 9.41. The fraction of sp³-hybridized carbons (Fsp3) is 0.0741. The monoisotopic (exact) mass is 467 g/mol. The Hall–Kier alpha value is -4.10. The summed E-state index contributed by atoms with van der Waals surface area (Å²) in [5, 5.41) is 1.54. The van der Waals surface area contributed by atoms with Gasteiger partial charge in [0.25, 0.3) is 5.91 Å². The van der Waals surface area contributed by atoms with Crippen molar-refractivity contribution in [2.24, 2.45) is 4.99 Å². The quantitative estimate of drug-likeness (QED) is 0.282. The molecule has 1 fully saturated rings. The number of amides is 1. The molecule has 1 aliphatic heterocycles. The molecule has 0 bridgehead atoms. The number of aromatic nitrogens is 1. The van der Waals surface area contributed by atoms with Gasteiger partial charge < -0.3 is 9.30 Å². The lowest BCUT2D eigenvalue weighted by molar-refractivity contribution is -0.141. The van der Waals surface area contributed by atoms with Crippen LogP contribution < -0.4 is 4.90 Å². The second-order valence-electron chi connectivity index (χ2n) is 7.62. The Labute approximate surface area is 201 Å². The summed E-state index contributed by atoms with van der Waals surface area (Å²) in [6.45, 7) is 0.0954. The van der Waals surface area contributed by atoms with Crippen LogP contribution in [0.25, 0.3) is 17.0 Å². The normalized spacial score (nSPS) is 16.0. The number of hydrogen-bond acceptors (Lipinski definition) is 5. The van der Waals surface area contributed by atoms with E-state index in [0.717, 1.165) is 27.8 Å².